The van der Waals surface area contributed by atoms with Crippen molar-refractivity contribution < 1.29 is 9.53 Å². The van der Waals surface area contributed by atoms with Gasteiger partial charge in [0.05, 0.1) is 19.1 Å². The third-order valence-electron chi connectivity index (χ3n) is 2.04. The number of hydrogen-bond donors (Lipinski definition) is 0. The Balaban J connectivity index is 3.05. The van der Waals surface area contributed by atoms with E-state index in [0.29, 0.717) is 10.0 Å². The summed E-state index contributed by atoms with van der Waals surface area (Å²) in [4.78, 5) is 11.1. The third kappa shape index (κ3) is 2.80. The van der Waals surface area contributed by atoms with E-state index in [0.717, 1.165) is 11.1 Å². The van der Waals surface area contributed by atoms with Crippen LogP contribution in [0.3, 0.4) is 0 Å². The predicted molar refractivity (Wildman–Crippen MR) is 59.3 cm³/mol. The van der Waals surface area contributed by atoms with Crippen molar-refractivity contribution in [3.63, 3.8) is 0 Å². The highest BCUT2D eigenvalue weighted by Gasteiger charge is 2.08. The van der Waals surface area contributed by atoms with Crippen molar-refractivity contribution in [2.75, 3.05) is 7.11 Å². The van der Waals surface area contributed by atoms with Gasteiger partial charge in [-0.15, -0.1) is 0 Å². The van der Waals surface area contributed by atoms with Gasteiger partial charge in [0, 0.05) is 4.47 Å². The van der Waals surface area contributed by atoms with Crippen LogP contribution in [0.5, 0.6) is 0 Å². The maximum absolute atomic E-state index is 11.1. The smallest absolute Gasteiger partial charge is 0.309 e. The van der Waals surface area contributed by atoms with Crippen molar-refractivity contribution in [2.24, 2.45) is 0 Å². The lowest BCUT2D eigenvalue weighted by atomic mass is 10.0. The van der Waals surface area contributed by atoms with E-state index in [1.807, 2.05) is 13.0 Å². The number of nitriles is 1. The molecular formula is C11H10BrNO2. The molecule has 1 rings (SSSR count). The minimum atomic E-state index is -0.286. The van der Waals surface area contributed by atoms with Gasteiger partial charge in [-0.1, -0.05) is 6.07 Å². The minimum absolute atomic E-state index is 0.224. The summed E-state index contributed by atoms with van der Waals surface area (Å²) in [6.07, 6.45) is 0.224. The van der Waals surface area contributed by atoms with Crippen LogP contribution < -0.4 is 0 Å². The Morgan fingerprint density at radius 2 is 2.27 bits per heavy atom. The number of ether oxygens (including phenoxy) is 1. The first-order valence-electron chi connectivity index (χ1n) is 4.34. The molecule has 0 aliphatic heterocycles. The number of benzene rings is 1. The van der Waals surface area contributed by atoms with E-state index < -0.39 is 0 Å². The van der Waals surface area contributed by atoms with Crippen LogP contribution in [0.25, 0.3) is 0 Å². The fourth-order valence-corrected chi connectivity index (χ4v) is 1.99. The fraction of sp³-hybridized carbons (Fsp3) is 0.273. The van der Waals surface area contributed by atoms with Gasteiger partial charge in [0.2, 0.25) is 0 Å². The molecule has 0 saturated carbocycles. The second-order valence-corrected chi connectivity index (χ2v) is 3.99. The summed E-state index contributed by atoms with van der Waals surface area (Å²) < 4.78 is 5.28. The van der Waals surface area contributed by atoms with Gasteiger partial charge in [0.15, 0.2) is 0 Å². The Labute approximate surface area is 96.8 Å². The van der Waals surface area contributed by atoms with Gasteiger partial charge >= 0.3 is 5.97 Å². The molecule has 1 aromatic carbocycles. The third-order valence-corrected chi connectivity index (χ3v) is 2.66. The molecule has 4 heteroatoms. The highest BCUT2D eigenvalue weighted by atomic mass is 79.9. The lowest BCUT2D eigenvalue weighted by molar-refractivity contribution is -0.139. The van der Waals surface area contributed by atoms with Crippen molar-refractivity contribution in [3.05, 3.63) is 33.3 Å². The van der Waals surface area contributed by atoms with Crippen LogP contribution in [0.1, 0.15) is 16.7 Å². The zero-order valence-corrected chi connectivity index (χ0v) is 10.1. The van der Waals surface area contributed by atoms with E-state index in [-0.39, 0.29) is 12.4 Å². The molecule has 0 spiro atoms. The van der Waals surface area contributed by atoms with Crippen LogP contribution >= 0.6 is 15.9 Å². The summed E-state index contributed by atoms with van der Waals surface area (Å²) in [6, 6.07) is 5.68. The molecule has 15 heavy (non-hydrogen) atoms. The lowest BCUT2D eigenvalue weighted by Gasteiger charge is -2.05. The summed E-state index contributed by atoms with van der Waals surface area (Å²) in [5, 5.41) is 8.85. The lowest BCUT2D eigenvalue weighted by Crippen LogP contribution is -2.05. The maximum Gasteiger partial charge on any atom is 0.309 e. The largest absolute Gasteiger partial charge is 0.469 e. The Kier molecular flexibility index (Phi) is 3.87. The number of halogens is 1. The van der Waals surface area contributed by atoms with Gasteiger partial charge in [-0.3, -0.25) is 4.79 Å². The SMILES string of the molecule is COC(=O)Cc1cc(C)c(C#N)c(Br)c1. The molecule has 0 atom stereocenters. The molecule has 0 unspecified atom stereocenters. The summed E-state index contributed by atoms with van der Waals surface area (Å²) in [6.45, 7) is 1.84. The number of methoxy groups -OCH3 is 1. The molecule has 0 amide bonds. The van der Waals surface area contributed by atoms with Crippen LogP contribution in [-0.4, -0.2) is 13.1 Å². The highest BCUT2D eigenvalue weighted by molar-refractivity contribution is 9.10. The number of esters is 1. The van der Waals surface area contributed by atoms with E-state index in [1.54, 1.807) is 6.07 Å². The van der Waals surface area contributed by atoms with Gasteiger partial charge in [0.1, 0.15) is 6.07 Å². The van der Waals surface area contributed by atoms with Crippen molar-refractivity contribution in [2.45, 2.75) is 13.3 Å². The summed E-state index contributed by atoms with van der Waals surface area (Å²) in [5.41, 5.74) is 2.29. The standard InChI is InChI=1S/C11H10BrNO2/c1-7-3-8(5-11(14)15-2)4-10(12)9(7)6-13/h3-4H,5H2,1-2H3. The topological polar surface area (TPSA) is 50.1 Å². The molecular weight excluding hydrogens is 258 g/mol. The first-order valence-corrected chi connectivity index (χ1v) is 5.13. The second kappa shape index (κ2) is 4.94. The minimum Gasteiger partial charge on any atom is -0.469 e. The van der Waals surface area contributed by atoms with E-state index in [4.69, 9.17) is 5.26 Å². The summed E-state index contributed by atoms with van der Waals surface area (Å²) >= 11 is 3.30. The van der Waals surface area contributed by atoms with Crippen molar-refractivity contribution >= 4 is 21.9 Å². The zero-order valence-electron chi connectivity index (χ0n) is 8.50. The maximum atomic E-state index is 11.1. The molecule has 1 aromatic rings. The molecule has 0 aliphatic carbocycles. The molecule has 0 bridgehead atoms. The Morgan fingerprint density at radius 1 is 1.60 bits per heavy atom. The summed E-state index contributed by atoms with van der Waals surface area (Å²) in [5.74, 6) is -0.286. The van der Waals surface area contributed by atoms with Crippen molar-refractivity contribution in [1.82, 2.24) is 0 Å². The average Bonchev–Trinajstić information content (AvgIpc) is 2.17. The number of hydrogen-bond acceptors (Lipinski definition) is 3. The van der Waals surface area contributed by atoms with Crippen LogP contribution in [0, 0.1) is 18.3 Å². The Morgan fingerprint density at radius 3 is 2.73 bits per heavy atom. The fourth-order valence-electron chi connectivity index (χ4n) is 1.30. The molecule has 0 heterocycles. The van der Waals surface area contributed by atoms with Crippen LogP contribution in [-0.2, 0) is 16.0 Å². The molecule has 0 aromatic heterocycles. The van der Waals surface area contributed by atoms with Crippen LogP contribution in [0.2, 0.25) is 0 Å². The first-order chi connectivity index (χ1) is 7.08. The van der Waals surface area contributed by atoms with Gasteiger partial charge in [0.25, 0.3) is 0 Å². The highest BCUT2D eigenvalue weighted by Crippen LogP contribution is 2.22. The van der Waals surface area contributed by atoms with Crippen LogP contribution in [0.15, 0.2) is 16.6 Å². The number of aryl methyl sites for hydroxylation is 1. The van der Waals surface area contributed by atoms with E-state index in [2.05, 4.69) is 26.7 Å². The zero-order chi connectivity index (χ0) is 11.4. The molecule has 3 nitrogen and oxygen atoms in total. The Bertz CT molecular complexity index is 412. The second-order valence-electron chi connectivity index (χ2n) is 3.13. The van der Waals surface area contributed by atoms with Crippen molar-refractivity contribution in [3.8, 4) is 6.07 Å². The molecule has 0 aliphatic rings. The number of carbonyl (C=O) groups is 1. The first kappa shape index (κ1) is 11.7. The molecule has 0 N–H and O–H groups in total. The van der Waals surface area contributed by atoms with Gasteiger partial charge < -0.3 is 4.74 Å². The van der Waals surface area contributed by atoms with Gasteiger partial charge in [-0.25, -0.2) is 0 Å². The number of nitrogens with zero attached hydrogens (tertiary/aromatic N) is 1. The van der Waals surface area contributed by atoms with Gasteiger partial charge in [-0.05, 0) is 40.0 Å². The van der Waals surface area contributed by atoms with E-state index >= 15 is 0 Å². The average molecular weight is 268 g/mol. The number of carbonyl (C=O) groups excluding carboxylic acids is 1. The molecule has 78 valence electrons. The van der Waals surface area contributed by atoms with Gasteiger partial charge in [-0.2, -0.15) is 5.26 Å². The predicted octanol–water partition coefficient (Wildman–Crippen LogP) is 2.34. The summed E-state index contributed by atoms with van der Waals surface area (Å²) in [7, 11) is 1.36. The van der Waals surface area contributed by atoms with Crippen molar-refractivity contribution in [1.29, 1.82) is 5.26 Å². The molecule has 0 radical (unpaired) electrons. The Hall–Kier alpha value is -1.34. The van der Waals surface area contributed by atoms with E-state index in [9.17, 15) is 4.79 Å². The molecule has 0 fully saturated rings. The van der Waals surface area contributed by atoms with Crippen LogP contribution in [0.4, 0.5) is 0 Å². The number of rotatable bonds is 2. The monoisotopic (exact) mass is 267 g/mol. The quantitative estimate of drug-likeness (QED) is 0.773. The normalized spacial score (nSPS) is 9.47. The van der Waals surface area contributed by atoms with E-state index in [1.165, 1.54) is 7.11 Å². The molecule has 0 saturated heterocycles.